The van der Waals surface area contributed by atoms with E-state index in [9.17, 15) is 4.79 Å². The van der Waals surface area contributed by atoms with E-state index in [0.717, 1.165) is 11.3 Å². The number of allylic oxidation sites excluding steroid dienone is 1. The molecule has 0 spiro atoms. The molecule has 9 heteroatoms. The van der Waals surface area contributed by atoms with Crippen LogP contribution in [0.3, 0.4) is 0 Å². The third-order valence-corrected chi connectivity index (χ3v) is 5.38. The van der Waals surface area contributed by atoms with Crippen molar-refractivity contribution in [1.29, 1.82) is 0 Å². The maximum atomic E-state index is 12.3. The van der Waals surface area contributed by atoms with Gasteiger partial charge in [-0.3, -0.25) is 9.36 Å². The Kier molecular flexibility index (Phi) is 7.79. The SMILES string of the molecule is C=CCn1c(COc2ccc(C)cc2)nnc1SCC(=O)Nc1cc(Cl)cc(Cl)c1. The summed E-state index contributed by atoms with van der Waals surface area (Å²) in [6.07, 6.45) is 1.75. The van der Waals surface area contributed by atoms with Gasteiger partial charge >= 0.3 is 0 Å². The van der Waals surface area contributed by atoms with Crippen molar-refractivity contribution in [3.05, 3.63) is 76.6 Å². The molecule has 2 aromatic carbocycles. The lowest BCUT2D eigenvalue weighted by Gasteiger charge is -2.10. The van der Waals surface area contributed by atoms with E-state index in [2.05, 4.69) is 22.1 Å². The molecule has 6 nitrogen and oxygen atoms in total. The minimum Gasteiger partial charge on any atom is -0.486 e. The number of nitrogens with zero attached hydrogens (tertiary/aromatic N) is 3. The fourth-order valence-electron chi connectivity index (χ4n) is 2.58. The first-order valence-electron chi connectivity index (χ1n) is 9.06. The molecule has 0 aliphatic rings. The molecule has 0 bridgehead atoms. The lowest BCUT2D eigenvalue weighted by molar-refractivity contribution is -0.113. The Bertz CT molecular complexity index is 1020. The Hall–Kier alpha value is -2.48. The van der Waals surface area contributed by atoms with Crippen LogP contribution in [0.25, 0.3) is 0 Å². The van der Waals surface area contributed by atoms with Gasteiger partial charge in [0.05, 0.1) is 5.75 Å². The molecule has 0 atom stereocenters. The second-order valence-electron chi connectivity index (χ2n) is 6.39. The number of rotatable bonds is 9. The molecule has 0 aliphatic carbocycles. The molecular formula is C21H20Cl2N4O2S. The molecule has 1 heterocycles. The van der Waals surface area contributed by atoms with Gasteiger partial charge in [-0.2, -0.15) is 0 Å². The zero-order valence-electron chi connectivity index (χ0n) is 16.3. The van der Waals surface area contributed by atoms with Gasteiger partial charge in [-0.1, -0.05) is 58.7 Å². The Morgan fingerprint density at radius 1 is 1.20 bits per heavy atom. The van der Waals surface area contributed by atoms with Crippen LogP contribution in [-0.4, -0.2) is 26.4 Å². The molecule has 0 radical (unpaired) electrons. The number of carbonyl (C=O) groups is 1. The minimum atomic E-state index is -0.205. The van der Waals surface area contributed by atoms with Gasteiger partial charge < -0.3 is 10.1 Å². The quantitative estimate of drug-likeness (QED) is 0.341. The average molecular weight is 463 g/mol. The summed E-state index contributed by atoms with van der Waals surface area (Å²) in [5.41, 5.74) is 1.70. The zero-order chi connectivity index (χ0) is 21.5. The van der Waals surface area contributed by atoms with Crippen LogP contribution < -0.4 is 10.1 Å². The second-order valence-corrected chi connectivity index (χ2v) is 8.21. The molecule has 0 fully saturated rings. The Labute approximate surface area is 189 Å². The Morgan fingerprint density at radius 2 is 1.90 bits per heavy atom. The topological polar surface area (TPSA) is 69.0 Å². The van der Waals surface area contributed by atoms with E-state index in [1.165, 1.54) is 11.8 Å². The fraction of sp³-hybridized carbons (Fsp3) is 0.190. The van der Waals surface area contributed by atoms with Gasteiger partial charge in [-0.15, -0.1) is 16.8 Å². The predicted molar refractivity (Wildman–Crippen MR) is 122 cm³/mol. The molecule has 3 aromatic rings. The number of thioether (sulfide) groups is 1. The van der Waals surface area contributed by atoms with Crippen molar-refractivity contribution >= 4 is 46.6 Å². The molecule has 0 saturated heterocycles. The van der Waals surface area contributed by atoms with Crippen molar-refractivity contribution in [2.24, 2.45) is 0 Å². The van der Waals surface area contributed by atoms with Gasteiger partial charge in [-0.05, 0) is 37.3 Å². The number of nitrogens with one attached hydrogen (secondary N) is 1. The summed E-state index contributed by atoms with van der Waals surface area (Å²) in [5, 5.41) is 12.7. The van der Waals surface area contributed by atoms with Gasteiger partial charge in [0.25, 0.3) is 0 Å². The highest BCUT2D eigenvalue weighted by Crippen LogP contribution is 2.23. The van der Waals surface area contributed by atoms with Crippen molar-refractivity contribution < 1.29 is 9.53 Å². The van der Waals surface area contributed by atoms with Gasteiger partial charge in [0, 0.05) is 22.3 Å². The number of aromatic nitrogens is 3. The lowest BCUT2D eigenvalue weighted by Crippen LogP contribution is -2.15. The number of carbonyl (C=O) groups excluding carboxylic acids is 1. The summed E-state index contributed by atoms with van der Waals surface area (Å²) in [4.78, 5) is 12.3. The molecule has 156 valence electrons. The molecule has 1 aromatic heterocycles. The number of hydrogen-bond donors (Lipinski definition) is 1. The Balaban J connectivity index is 1.61. The number of anilines is 1. The van der Waals surface area contributed by atoms with Crippen LogP contribution >= 0.6 is 35.0 Å². The highest BCUT2D eigenvalue weighted by Gasteiger charge is 2.14. The number of benzene rings is 2. The molecule has 0 saturated carbocycles. The second kappa shape index (κ2) is 10.5. The number of amides is 1. The summed E-state index contributed by atoms with van der Waals surface area (Å²) in [6, 6.07) is 12.7. The van der Waals surface area contributed by atoms with Crippen molar-refractivity contribution in [1.82, 2.24) is 14.8 Å². The van der Waals surface area contributed by atoms with Gasteiger partial charge in [0.15, 0.2) is 11.0 Å². The van der Waals surface area contributed by atoms with E-state index in [0.29, 0.717) is 33.3 Å². The highest BCUT2D eigenvalue weighted by atomic mass is 35.5. The molecule has 30 heavy (non-hydrogen) atoms. The molecule has 3 rings (SSSR count). The highest BCUT2D eigenvalue weighted by molar-refractivity contribution is 7.99. The summed E-state index contributed by atoms with van der Waals surface area (Å²) in [5.74, 6) is 1.35. The van der Waals surface area contributed by atoms with Crippen LogP contribution in [-0.2, 0) is 17.9 Å². The van der Waals surface area contributed by atoms with E-state index < -0.39 is 0 Å². The number of aryl methyl sites for hydroxylation is 1. The maximum absolute atomic E-state index is 12.3. The van der Waals surface area contributed by atoms with Crippen LogP contribution in [0.15, 0.2) is 60.3 Å². The smallest absolute Gasteiger partial charge is 0.234 e. The zero-order valence-corrected chi connectivity index (χ0v) is 18.6. The van der Waals surface area contributed by atoms with Crippen LogP contribution in [0.5, 0.6) is 5.75 Å². The van der Waals surface area contributed by atoms with E-state index in [4.69, 9.17) is 27.9 Å². The summed E-state index contributed by atoms with van der Waals surface area (Å²) in [6.45, 7) is 6.57. The summed E-state index contributed by atoms with van der Waals surface area (Å²) >= 11 is 13.2. The predicted octanol–water partition coefficient (Wildman–Crippen LogP) is 5.39. The minimum absolute atomic E-state index is 0.151. The number of halogens is 2. The largest absolute Gasteiger partial charge is 0.486 e. The van der Waals surface area contributed by atoms with E-state index in [1.54, 1.807) is 24.3 Å². The number of hydrogen-bond acceptors (Lipinski definition) is 5. The van der Waals surface area contributed by atoms with Gasteiger partial charge in [0.2, 0.25) is 5.91 Å². The van der Waals surface area contributed by atoms with Crippen LogP contribution in [0, 0.1) is 6.92 Å². The third-order valence-electron chi connectivity index (χ3n) is 3.97. The van der Waals surface area contributed by atoms with Crippen LogP contribution in [0.1, 0.15) is 11.4 Å². The molecule has 1 N–H and O–H groups in total. The standard InChI is InChI=1S/C21H20Cl2N4O2S/c1-3-8-27-19(12-29-18-6-4-14(2)5-7-18)25-26-21(27)30-13-20(28)24-17-10-15(22)9-16(23)11-17/h3-7,9-11H,1,8,12-13H2,2H3,(H,24,28). The van der Waals surface area contributed by atoms with E-state index in [1.807, 2.05) is 35.8 Å². The molecule has 0 aliphatic heterocycles. The van der Waals surface area contributed by atoms with Crippen molar-refractivity contribution in [2.45, 2.75) is 25.2 Å². The molecule has 1 amide bonds. The first kappa shape index (κ1) is 22.2. The summed E-state index contributed by atoms with van der Waals surface area (Å²) in [7, 11) is 0. The first-order valence-corrected chi connectivity index (χ1v) is 10.8. The third kappa shape index (κ3) is 6.26. The van der Waals surface area contributed by atoms with Gasteiger partial charge in [-0.25, -0.2) is 0 Å². The van der Waals surface area contributed by atoms with Crippen molar-refractivity contribution in [3.63, 3.8) is 0 Å². The maximum Gasteiger partial charge on any atom is 0.234 e. The molecular weight excluding hydrogens is 443 g/mol. The summed E-state index contributed by atoms with van der Waals surface area (Å²) < 4.78 is 7.67. The van der Waals surface area contributed by atoms with E-state index >= 15 is 0 Å². The lowest BCUT2D eigenvalue weighted by atomic mass is 10.2. The Morgan fingerprint density at radius 3 is 2.57 bits per heavy atom. The average Bonchev–Trinajstić information content (AvgIpc) is 3.07. The van der Waals surface area contributed by atoms with Crippen molar-refractivity contribution in [2.75, 3.05) is 11.1 Å². The van der Waals surface area contributed by atoms with Crippen LogP contribution in [0.4, 0.5) is 5.69 Å². The molecule has 0 unspecified atom stereocenters. The van der Waals surface area contributed by atoms with Crippen molar-refractivity contribution in [3.8, 4) is 5.75 Å². The van der Waals surface area contributed by atoms with Gasteiger partial charge in [0.1, 0.15) is 12.4 Å². The number of ether oxygens (including phenoxy) is 1. The van der Waals surface area contributed by atoms with Crippen LogP contribution in [0.2, 0.25) is 10.0 Å². The monoisotopic (exact) mass is 462 g/mol. The normalized spacial score (nSPS) is 10.6. The fourth-order valence-corrected chi connectivity index (χ4v) is 3.87. The van der Waals surface area contributed by atoms with E-state index in [-0.39, 0.29) is 18.3 Å². The first-order chi connectivity index (χ1) is 14.4.